The van der Waals surface area contributed by atoms with Crippen molar-refractivity contribution in [2.45, 2.75) is 31.7 Å². The third-order valence-electron chi connectivity index (χ3n) is 4.60. The van der Waals surface area contributed by atoms with E-state index in [1.807, 2.05) is 4.90 Å². The van der Waals surface area contributed by atoms with Gasteiger partial charge in [0.05, 0.1) is 12.1 Å². The minimum Gasteiger partial charge on any atom is -0.352 e. The molecule has 2 atom stereocenters. The molecule has 1 aliphatic carbocycles. The van der Waals surface area contributed by atoms with Crippen LogP contribution in [0.3, 0.4) is 0 Å². The molecule has 2 aliphatic rings. The quantitative estimate of drug-likeness (QED) is 0.865. The van der Waals surface area contributed by atoms with Crippen LogP contribution in [0.15, 0.2) is 18.6 Å². The number of piperazine rings is 1. The lowest BCUT2D eigenvalue weighted by molar-refractivity contribution is -0.137. The van der Waals surface area contributed by atoms with Crippen molar-refractivity contribution in [3.05, 3.63) is 18.6 Å². The number of rotatable bonds is 2. The predicted octanol–water partition coefficient (Wildman–Crippen LogP) is 0.643. The molecule has 1 aromatic rings. The summed E-state index contributed by atoms with van der Waals surface area (Å²) in [5, 5.41) is 0. The summed E-state index contributed by atoms with van der Waals surface area (Å²) < 4.78 is 0. The Morgan fingerprint density at radius 2 is 1.90 bits per heavy atom. The number of anilines is 1. The van der Waals surface area contributed by atoms with Gasteiger partial charge in [0.15, 0.2) is 0 Å². The van der Waals surface area contributed by atoms with E-state index in [4.69, 9.17) is 5.73 Å². The standard InChI is InChI=1S/C15H23N5O/c16-13-4-2-1-3-12(13)15(21)20-9-7-19(8-10-20)14-11-17-5-6-18-14/h5-6,11-13H,1-4,7-10,16H2. The summed E-state index contributed by atoms with van der Waals surface area (Å²) in [4.78, 5) is 25.2. The van der Waals surface area contributed by atoms with Crippen LogP contribution < -0.4 is 10.6 Å². The normalized spacial score (nSPS) is 26.7. The summed E-state index contributed by atoms with van der Waals surface area (Å²) in [5.74, 6) is 1.17. The summed E-state index contributed by atoms with van der Waals surface area (Å²) in [6.45, 7) is 3.12. The molecule has 1 saturated carbocycles. The highest BCUT2D eigenvalue weighted by molar-refractivity contribution is 5.80. The first kappa shape index (κ1) is 14.3. The molecule has 0 radical (unpaired) electrons. The molecule has 0 spiro atoms. The molecule has 6 nitrogen and oxygen atoms in total. The maximum Gasteiger partial charge on any atom is 0.227 e. The number of nitrogens with two attached hydrogens (primary N) is 1. The van der Waals surface area contributed by atoms with Crippen LogP contribution in [0.5, 0.6) is 0 Å². The van der Waals surface area contributed by atoms with Crippen LogP contribution in [-0.4, -0.2) is 53.0 Å². The fraction of sp³-hybridized carbons (Fsp3) is 0.667. The second-order valence-corrected chi connectivity index (χ2v) is 5.93. The third-order valence-corrected chi connectivity index (χ3v) is 4.60. The van der Waals surface area contributed by atoms with Crippen molar-refractivity contribution in [1.82, 2.24) is 14.9 Å². The fourth-order valence-corrected chi connectivity index (χ4v) is 3.31. The van der Waals surface area contributed by atoms with Crippen molar-refractivity contribution >= 4 is 11.7 Å². The van der Waals surface area contributed by atoms with Crippen LogP contribution in [0, 0.1) is 5.92 Å². The number of carbonyl (C=O) groups is 1. The molecule has 2 fully saturated rings. The molecule has 0 bridgehead atoms. The van der Waals surface area contributed by atoms with E-state index in [9.17, 15) is 4.79 Å². The van der Waals surface area contributed by atoms with Crippen molar-refractivity contribution in [1.29, 1.82) is 0 Å². The minimum absolute atomic E-state index is 0.0295. The van der Waals surface area contributed by atoms with E-state index < -0.39 is 0 Å². The predicted molar refractivity (Wildman–Crippen MR) is 80.8 cm³/mol. The molecule has 21 heavy (non-hydrogen) atoms. The number of hydrogen-bond donors (Lipinski definition) is 1. The zero-order valence-electron chi connectivity index (χ0n) is 12.3. The molecular weight excluding hydrogens is 266 g/mol. The first-order chi connectivity index (χ1) is 10.3. The highest BCUT2D eigenvalue weighted by Crippen LogP contribution is 2.25. The Bertz CT molecular complexity index is 472. The van der Waals surface area contributed by atoms with Gasteiger partial charge in [0, 0.05) is 44.6 Å². The molecule has 114 valence electrons. The van der Waals surface area contributed by atoms with E-state index in [1.165, 1.54) is 0 Å². The van der Waals surface area contributed by atoms with Gasteiger partial charge >= 0.3 is 0 Å². The maximum atomic E-state index is 12.6. The maximum absolute atomic E-state index is 12.6. The van der Waals surface area contributed by atoms with Gasteiger partial charge in [-0.25, -0.2) is 4.98 Å². The highest BCUT2D eigenvalue weighted by atomic mass is 16.2. The highest BCUT2D eigenvalue weighted by Gasteiger charge is 2.33. The molecule has 0 aromatic carbocycles. The summed E-state index contributed by atoms with van der Waals surface area (Å²) in [7, 11) is 0. The summed E-state index contributed by atoms with van der Waals surface area (Å²) in [6.07, 6.45) is 9.37. The molecule has 2 heterocycles. The molecule has 3 rings (SSSR count). The number of amides is 1. The average Bonchev–Trinajstić information content (AvgIpc) is 2.56. The molecule has 2 N–H and O–H groups in total. The molecule has 1 saturated heterocycles. The van der Waals surface area contributed by atoms with Gasteiger partial charge in [-0.3, -0.25) is 9.78 Å². The monoisotopic (exact) mass is 289 g/mol. The summed E-state index contributed by atoms with van der Waals surface area (Å²) in [5.41, 5.74) is 6.13. The zero-order valence-corrected chi connectivity index (χ0v) is 12.3. The van der Waals surface area contributed by atoms with Crippen molar-refractivity contribution < 1.29 is 4.79 Å². The first-order valence-corrected chi connectivity index (χ1v) is 7.81. The first-order valence-electron chi connectivity index (χ1n) is 7.81. The molecule has 1 aliphatic heterocycles. The van der Waals surface area contributed by atoms with Crippen LogP contribution >= 0.6 is 0 Å². The van der Waals surface area contributed by atoms with Gasteiger partial charge in [0.1, 0.15) is 5.82 Å². The lowest BCUT2D eigenvalue weighted by atomic mass is 9.84. The molecule has 1 aromatic heterocycles. The fourth-order valence-electron chi connectivity index (χ4n) is 3.31. The Labute approximate surface area is 125 Å². The Hall–Kier alpha value is -1.69. The van der Waals surface area contributed by atoms with E-state index in [1.54, 1.807) is 18.6 Å². The molecule has 2 unspecified atom stereocenters. The topological polar surface area (TPSA) is 75.4 Å². The van der Waals surface area contributed by atoms with Gasteiger partial charge in [-0.05, 0) is 12.8 Å². The van der Waals surface area contributed by atoms with Gasteiger partial charge in [0.2, 0.25) is 5.91 Å². The Morgan fingerprint density at radius 3 is 2.57 bits per heavy atom. The van der Waals surface area contributed by atoms with E-state index >= 15 is 0 Å². The van der Waals surface area contributed by atoms with E-state index in [0.29, 0.717) is 0 Å². The van der Waals surface area contributed by atoms with Crippen molar-refractivity contribution in [2.75, 3.05) is 31.1 Å². The lowest BCUT2D eigenvalue weighted by Crippen LogP contribution is -2.53. The largest absolute Gasteiger partial charge is 0.352 e. The van der Waals surface area contributed by atoms with Gasteiger partial charge < -0.3 is 15.5 Å². The summed E-state index contributed by atoms with van der Waals surface area (Å²) >= 11 is 0. The van der Waals surface area contributed by atoms with Crippen LogP contribution in [0.25, 0.3) is 0 Å². The van der Waals surface area contributed by atoms with Crippen LogP contribution in [-0.2, 0) is 4.79 Å². The molecular formula is C15H23N5O. The zero-order chi connectivity index (χ0) is 14.7. The molecule has 1 amide bonds. The second kappa shape index (κ2) is 6.39. The lowest BCUT2D eigenvalue weighted by Gasteiger charge is -2.38. The minimum atomic E-state index is 0.0295. The smallest absolute Gasteiger partial charge is 0.227 e. The van der Waals surface area contributed by atoms with Crippen molar-refractivity contribution in [2.24, 2.45) is 11.7 Å². The number of nitrogens with zero attached hydrogens (tertiary/aromatic N) is 4. The molecule has 6 heteroatoms. The van der Waals surface area contributed by atoms with E-state index in [0.717, 1.165) is 57.7 Å². The van der Waals surface area contributed by atoms with Gasteiger partial charge in [-0.1, -0.05) is 12.8 Å². The van der Waals surface area contributed by atoms with E-state index in [-0.39, 0.29) is 17.9 Å². The van der Waals surface area contributed by atoms with Gasteiger partial charge in [-0.15, -0.1) is 0 Å². The SMILES string of the molecule is NC1CCCCC1C(=O)N1CCN(c2cnccn2)CC1. The Kier molecular flexibility index (Phi) is 4.34. The number of carbonyl (C=O) groups excluding carboxylic acids is 1. The van der Waals surface area contributed by atoms with Crippen molar-refractivity contribution in [3.8, 4) is 0 Å². The van der Waals surface area contributed by atoms with Crippen LogP contribution in [0.1, 0.15) is 25.7 Å². The third kappa shape index (κ3) is 3.15. The van der Waals surface area contributed by atoms with E-state index in [2.05, 4.69) is 14.9 Å². The number of aromatic nitrogens is 2. The van der Waals surface area contributed by atoms with Gasteiger partial charge in [0.25, 0.3) is 0 Å². The average molecular weight is 289 g/mol. The number of hydrogen-bond acceptors (Lipinski definition) is 5. The Morgan fingerprint density at radius 1 is 1.14 bits per heavy atom. The van der Waals surface area contributed by atoms with Gasteiger partial charge in [-0.2, -0.15) is 0 Å². The van der Waals surface area contributed by atoms with Crippen molar-refractivity contribution in [3.63, 3.8) is 0 Å². The second-order valence-electron chi connectivity index (χ2n) is 5.93. The van der Waals surface area contributed by atoms with Crippen LogP contribution in [0.4, 0.5) is 5.82 Å². The Balaban J connectivity index is 1.57. The van der Waals surface area contributed by atoms with Crippen LogP contribution in [0.2, 0.25) is 0 Å². The summed E-state index contributed by atoms with van der Waals surface area (Å²) in [6, 6.07) is 0.0456.